The zero-order valence-corrected chi connectivity index (χ0v) is 10.8. The number of halogens is 1. The summed E-state index contributed by atoms with van der Waals surface area (Å²) in [5, 5.41) is 3.32. The van der Waals surface area contributed by atoms with Gasteiger partial charge >= 0.3 is 0 Å². The number of fused-ring (bicyclic) bond motifs is 1. The fourth-order valence-electron chi connectivity index (χ4n) is 1.80. The SMILES string of the molecule is Cc1cc(=O)n2[nH]c(-c3ccc(N)c(Cl)c3)nc2n1. The predicted octanol–water partition coefficient (Wildman–Crippen LogP) is 1.63. The van der Waals surface area contributed by atoms with Crippen molar-refractivity contribution in [3.05, 3.63) is 45.3 Å². The van der Waals surface area contributed by atoms with E-state index >= 15 is 0 Å². The number of nitrogens with one attached hydrogen (secondary N) is 1. The third-order valence-corrected chi connectivity index (χ3v) is 3.06. The van der Waals surface area contributed by atoms with Gasteiger partial charge in [0, 0.05) is 17.3 Å². The fourth-order valence-corrected chi connectivity index (χ4v) is 1.98. The number of hydrogen-bond acceptors (Lipinski definition) is 4. The van der Waals surface area contributed by atoms with Gasteiger partial charge in [0.05, 0.1) is 10.7 Å². The Balaban J connectivity index is 2.23. The first-order valence-corrected chi connectivity index (χ1v) is 5.94. The third kappa shape index (κ3) is 1.96. The summed E-state index contributed by atoms with van der Waals surface area (Å²) in [6, 6.07) is 6.58. The number of nitrogen functional groups attached to an aromatic ring is 1. The number of H-pyrrole nitrogens is 1. The number of aromatic nitrogens is 4. The Kier molecular flexibility index (Phi) is 2.53. The molecule has 0 saturated carbocycles. The minimum atomic E-state index is -0.206. The molecule has 6 nitrogen and oxygen atoms in total. The van der Waals surface area contributed by atoms with E-state index in [9.17, 15) is 4.79 Å². The molecule has 0 atom stereocenters. The molecule has 0 aliphatic rings. The first-order chi connectivity index (χ1) is 9.04. The van der Waals surface area contributed by atoms with Crippen LogP contribution in [0.25, 0.3) is 17.2 Å². The molecule has 0 unspecified atom stereocenters. The van der Waals surface area contributed by atoms with E-state index < -0.39 is 0 Å². The number of aromatic amines is 1. The van der Waals surface area contributed by atoms with Gasteiger partial charge in [0.25, 0.3) is 11.3 Å². The number of rotatable bonds is 1. The molecule has 7 heteroatoms. The molecule has 0 spiro atoms. The quantitative estimate of drug-likeness (QED) is 0.661. The van der Waals surface area contributed by atoms with Crippen molar-refractivity contribution in [3.63, 3.8) is 0 Å². The molecule has 0 saturated heterocycles. The number of aryl methyl sites for hydroxylation is 1. The largest absolute Gasteiger partial charge is 0.398 e. The maximum atomic E-state index is 11.8. The topological polar surface area (TPSA) is 89.1 Å². The molecular weight excluding hydrogens is 266 g/mol. The highest BCUT2D eigenvalue weighted by molar-refractivity contribution is 6.33. The van der Waals surface area contributed by atoms with E-state index in [1.807, 2.05) is 0 Å². The van der Waals surface area contributed by atoms with Gasteiger partial charge in [0.1, 0.15) is 0 Å². The smallest absolute Gasteiger partial charge is 0.274 e. The molecule has 3 aromatic rings. The molecular formula is C12H10ClN5O. The van der Waals surface area contributed by atoms with E-state index in [0.717, 1.165) is 5.56 Å². The summed E-state index contributed by atoms with van der Waals surface area (Å²) in [7, 11) is 0. The van der Waals surface area contributed by atoms with E-state index in [0.29, 0.717) is 28.0 Å². The number of benzene rings is 1. The van der Waals surface area contributed by atoms with E-state index in [-0.39, 0.29) is 5.56 Å². The van der Waals surface area contributed by atoms with E-state index in [4.69, 9.17) is 17.3 Å². The lowest BCUT2D eigenvalue weighted by molar-refractivity contribution is 0.892. The highest BCUT2D eigenvalue weighted by Crippen LogP contribution is 2.24. The van der Waals surface area contributed by atoms with Crippen molar-refractivity contribution in [1.82, 2.24) is 19.6 Å². The highest BCUT2D eigenvalue weighted by atomic mass is 35.5. The average Bonchev–Trinajstić information content (AvgIpc) is 2.76. The van der Waals surface area contributed by atoms with Crippen molar-refractivity contribution in [2.45, 2.75) is 6.92 Å². The van der Waals surface area contributed by atoms with Crippen LogP contribution in [0.15, 0.2) is 29.1 Å². The van der Waals surface area contributed by atoms with Crippen molar-refractivity contribution in [1.29, 1.82) is 0 Å². The summed E-state index contributed by atoms with van der Waals surface area (Å²) in [4.78, 5) is 20.2. The Morgan fingerprint density at radius 3 is 2.84 bits per heavy atom. The molecule has 19 heavy (non-hydrogen) atoms. The third-order valence-electron chi connectivity index (χ3n) is 2.73. The molecule has 0 fully saturated rings. The molecule has 3 N–H and O–H groups in total. The van der Waals surface area contributed by atoms with Crippen LogP contribution in [-0.2, 0) is 0 Å². The lowest BCUT2D eigenvalue weighted by Crippen LogP contribution is -2.14. The van der Waals surface area contributed by atoms with Crippen molar-refractivity contribution in [3.8, 4) is 11.4 Å². The summed E-state index contributed by atoms with van der Waals surface area (Å²) in [6.45, 7) is 1.75. The predicted molar refractivity (Wildman–Crippen MR) is 73.2 cm³/mol. The summed E-state index contributed by atoms with van der Waals surface area (Å²) in [5.41, 5.74) is 7.30. The Labute approximate surface area is 112 Å². The second kappa shape index (κ2) is 4.10. The van der Waals surface area contributed by atoms with Crippen LogP contribution in [0, 0.1) is 6.92 Å². The van der Waals surface area contributed by atoms with Gasteiger partial charge in [-0.05, 0) is 25.1 Å². The van der Waals surface area contributed by atoms with Crippen LogP contribution in [0.3, 0.4) is 0 Å². The van der Waals surface area contributed by atoms with Crippen molar-refractivity contribution in [2.24, 2.45) is 0 Å². The highest BCUT2D eigenvalue weighted by Gasteiger charge is 2.09. The second-order valence-electron chi connectivity index (χ2n) is 4.18. The Morgan fingerprint density at radius 2 is 2.11 bits per heavy atom. The first kappa shape index (κ1) is 11.7. The van der Waals surface area contributed by atoms with E-state index in [1.54, 1.807) is 25.1 Å². The number of nitrogens with zero attached hydrogens (tertiary/aromatic N) is 3. The van der Waals surface area contributed by atoms with Gasteiger partial charge in [-0.15, -0.1) is 0 Å². The Hall–Kier alpha value is -2.34. The molecule has 2 heterocycles. The minimum absolute atomic E-state index is 0.206. The lowest BCUT2D eigenvalue weighted by atomic mass is 10.2. The van der Waals surface area contributed by atoms with Gasteiger partial charge in [0.2, 0.25) is 0 Å². The van der Waals surface area contributed by atoms with Crippen LogP contribution >= 0.6 is 11.6 Å². The summed E-state index contributed by atoms with van der Waals surface area (Å²) in [5.74, 6) is 0.838. The van der Waals surface area contributed by atoms with Crippen LogP contribution in [-0.4, -0.2) is 19.6 Å². The standard InChI is InChI=1S/C12H10ClN5O/c1-6-4-10(19)18-12(15-6)16-11(17-18)7-2-3-9(14)8(13)5-7/h2-5H,14H2,1H3,(H,15,16,17). The number of nitrogens with two attached hydrogens (primary N) is 1. The minimum Gasteiger partial charge on any atom is -0.398 e. The fraction of sp³-hybridized carbons (Fsp3) is 0.0833. The van der Waals surface area contributed by atoms with Gasteiger partial charge in [-0.3, -0.25) is 9.89 Å². The summed E-state index contributed by atoms with van der Waals surface area (Å²) < 4.78 is 1.28. The van der Waals surface area contributed by atoms with E-state index in [1.165, 1.54) is 10.6 Å². The molecule has 2 aromatic heterocycles. The number of anilines is 1. The van der Waals surface area contributed by atoms with Crippen LogP contribution in [0.4, 0.5) is 5.69 Å². The van der Waals surface area contributed by atoms with Crippen molar-refractivity contribution in [2.75, 3.05) is 5.73 Å². The normalized spacial score (nSPS) is 11.1. The molecule has 0 amide bonds. The zero-order valence-electron chi connectivity index (χ0n) is 10.0. The number of hydrogen-bond donors (Lipinski definition) is 2. The zero-order chi connectivity index (χ0) is 13.6. The van der Waals surface area contributed by atoms with Crippen LogP contribution in [0.1, 0.15) is 5.69 Å². The maximum absolute atomic E-state index is 11.8. The molecule has 96 valence electrons. The van der Waals surface area contributed by atoms with Crippen LogP contribution in [0.2, 0.25) is 5.02 Å². The van der Waals surface area contributed by atoms with Gasteiger partial charge in [-0.2, -0.15) is 9.50 Å². The van der Waals surface area contributed by atoms with Crippen molar-refractivity contribution < 1.29 is 0 Å². The molecule has 0 radical (unpaired) electrons. The molecule has 0 aliphatic carbocycles. The van der Waals surface area contributed by atoms with Gasteiger partial charge in [-0.25, -0.2) is 4.98 Å². The molecule has 0 bridgehead atoms. The van der Waals surface area contributed by atoms with E-state index in [2.05, 4.69) is 15.1 Å². The molecule has 3 rings (SSSR count). The molecule has 0 aliphatic heterocycles. The Morgan fingerprint density at radius 1 is 1.32 bits per heavy atom. The average molecular weight is 276 g/mol. The summed E-state index contributed by atoms with van der Waals surface area (Å²) >= 11 is 5.97. The van der Waals surface area contributed by atoms with Gasteiger partial charge in [0.15, 0.2) is 5.82 Å². The monoisotopic (exact) mass is 275 g/mol. The van der Waals surface area contributed by atoms with Gasteiger partial charge < -0.3 is 5.73 Å². The maximum Gasteiger partial charge on any atom is 0.274 e. The van der Waals surface area contributed by atoms with Crippen LogP contribution in [0.5, 0.6) is 0 Å². The van der Waals surface area contributed by atoms with Crippen molar-refractivity contribution >= 4 is 23.1 Å². The lowest BCUT2D eigenvalue weighted by Gasteiger charge is -1.99. The Bertz CT molecular complexity index is 836. The first-order valence-electron chi connectivity index (χ1n) is 5.56. The van der Waals surface area contributed by atoms with Crippen LogP contribution < -0.4 is 11.3 Å². The second-order valence-corrected chi connectivity index (χ2v) is 4.59. The summed E-state index contributed by atoms with van der Waals surface area (Å²) in [6.07, 6.45) is 0. The molecule has 1 aromatic carbocycles. The van der Waals surface area contributed by atoms with Gasteiger partial charge in [-0.1, -0.05) is 11.6 Å².